The molecule has 0 saturated heterocycles. The second-order valence-corrected chi connectivity index (χ2v) is 15.8. The van der Waals surface area contributed by atoms with E-state index in [-0.39, 0.29) is 10.7 Å². The summed E-state index contributed by atoms with van der Waals surface area (Å²) in [6, 6.07) is 24.8. The number of hydrogen-bond acceptors (Lipinski definition) is 0. The molecule has 3 aromatic rings. The quantitative estimate of drug-likeness (QED) is 0.606. The Labute approximate surface area is 125 Å². The van der Waals surface area contributed by atoms with Gasteiger partial charge in [-0.1, -0.05) is 0 Å². The molecule has 0 N–H and O–H groups in total. The zero-order chi connectivity index (χ0) is 14.8. The standard InChI is InChI=1S/3C6H5.2FH.Sn/c3*1-2-4-6-5-3-1;;;/h3*1-5H;2*1H;/q;;;;;+1/p-2. The molecule has 0 nitrogen and oxygen atoms in total. The van der Waals surface area contributed by atoms with E-state index >= 15 is 5.73 Å². The van der Waals surface area contributed by atoms with Crippen molar-refractivity contribution in [3.63, 3.8) is 0 Å². The first-order valence-corrected chi connectivity index (χ1v) is 13.3. The van der Waals surface area contributed by atoms with Crippen molar-refractivity contribution < 1.29 is 5.73 Å². The van der Waals surface area contributed by atoms with E-state index in [1.165, 1.54) is 0 Å². The minimum absolute atomic E-state index is 0.177. The molecule has 3 heteroatoms. The van der Waals surface area contributed by atoms with Crippen LogP contribution < -0.4 is 10.7 Å². The van der Waals surface area contributed by atoms with E-state index in [0.29, 0.717) is 0 Å². The fourth-order valence-electron chi connectivity index (χ4n) is 2.69. The molecule has 0 saturated carbocycles. The average Bonchev–Trinajstić information content (AvgIpc) is 2.57. The van der Waals surface area contributed by atoms with E-state index in [2.05, 4.69) is 0 Å². The predicted octanol–water partition coefficient (Wildman–Crippen LogP) is 3.04. The maximum absolute atomic E-state index is 16.2. The molecule has 0 unspecified atom stereocenters. The van der Waals surface area contributed by atoms with Gasteiger partial charge >= 0.3 is 126 Å². The number of halogens is 2. The molecule has 0 bridgehead atoms. The van der Waals surface area contributed by atoms with Crippen LogP contribution in [0.4, 0.5) is 5.73 Å². The summed E-state index contributed by atoms with van der Waals surface area (Å²) >= 11 is -6.45. The second kappa shape index (κ2) is 5.26. The summed E-state index contributed by atoms with van der Waals surface area (Å²) in [6.45, 7) is 0. The molecule has 0 fully saturated rings. The van der Waals surface area contributed by atoms with E-state index in [9.17, 15) is 0 Å². The Hall–Kier alpha value is -1.68. The number of hydrogen-bond donors (Lipinski definition) is 0. The van der Waals surface area contributed by atoms with Crippen LogP contribution >= 0.6 is 0 Å². The monoisotopic (exact) mass is 389 g/mol. The summed E-state index contributed by atoms with van der Waals surface area (Å²) in [5.41, 5.74) is 0. The average molecular weight is 388 g/mol. The zero-order valence-corrected chi connectivity index (χ0v) is 14.3. The van der Waals surface area contributed by atoms with Crippen molar-refractivity contribution in [3.8, 4) is 0 Å². The van der Waals surface area contributed by atoms with Crippen molar-refractivity contribution in [3.05, 3.63) is 91.0 Å². The fourth-order valence-corrected chi connectivity index (χ4v) is 12.2. The van der Waals surface area contributed by atoms with Crippen molar-refractivity contribution >= 4 is 28.9 Å². The summed E-state index contributed by atoms with van der Waals surface area (Å²) in [7, 11) is 0. The first kappa shape index (κ1) is 14.3. The van der Waals surface area contributed by atoms with Crippen molar-refractivity contribution in [2.75, 3.05) is 0 Å². The van der Waals surface area contributed by atoms with Crippen LogP contribution in [0.5, 0.6) is 0 Å². The van der Waals surface area contributed by atoms with Crippen LogP contribution in [0.1, 0.15) is 0 Å². The van der Waals surface area contributed by atoms with Crippen LogP contribution in [0.15, 0.2) is 91.0 Å². The summed E-state index contributed by atoms with van der Waals surface area (Å²) in [6.07, 6.45) is 0. The van der Waals surface area contributed by atoms with E-state index in [4.69, 9.17) is 0 Å². The van der Waals surface area contributed by atoms with E-state index in [0.717, 1.165) is 0 Å². The van der Waals surface area contributed by atoms with E-state index in [1.54, 1.807) is 91.0 Å². The molecule has 0 aliphatic rings. The van der Waals surface area contributed by atoms with Crippen LogP contribution in [-0.2, 0) is 0 Å². The van der Waals surface area contributed by atoms with Gasteiger partial charge in [0.25, 0.3) is 0 Å². The Bertz CT molecular complexity index is 622. The first-order valence-electron chi connectivity index (χ1n) is 6.86. The van der Waals surface area contributed by atoms with Crippen molar-refractivity contribution in [2.45, 2.75) is 0 Å². The maximum atomic E-state index is 16.2. The molecule has 0 aliphatic carbocycles. The van der Waals surface area contributed by atoms with Gasteiger partial charge in [0.05, 0.1) is 0 Å². The van der Waals surface area contributed by atoms with Gasteiger partial charge in [-0.2, -0.15) is 0 Å². The van der Waals surface area contributed by atoms with Crippen molar-refractivity contribution in [1.29, 1.82) is 0 Å². The van der Waals surface area contributed by atoms with Crippen LogP contribution in [0.25, 0.3) is 0 Å². The summed E-state index contributed by atoms with van der Waals surface area (Å²) < 4.78 is 33.0. The summed E-state index contributed by atoms with van der Waals surface area (Å²) in [5, 5.41) is 0. The third-order valence-corrected chi connectivity index (χ3v) is 15.4. The van der Waals surface area contributed by atoms with Crippen molar-refractivity contribution in [1.82, 2.24) is 0 Å². The van der Waals surface area contributed by atoms with Gasteiger partial charge in [0.15, 0.2) is 0 Å². The molecule has 0 radical (unpaired) electrons. The fraction of sp³-hybridized carbons (Fsp3) is 0. The normalized spacial score (nSPS) is 13.3. The van der Waals surface area contributed by atoms with Gasteiger partial charge in [0, 0.05) is 0 Å². The van der Waals surface area contributed by atoms with Gasteiger partial charge in [-0.3, -0.25) is 0 Å². The molecule has 3 aromatic carbocycles. The van der Waals surface area contributed by atoms with E-state index < -0.39 is 18.1 Å². The van der Waals surface area contributed by atoms with Gasteiger partial charge in [0.2, 0.25) is 0 Å². The molecule has 21 heavy (non-hydrogen) atoms. The van der Waals surface area contributed by atoms with Gasteiger partial charge in [-0.05, 0) is 0 Å². The van der Waals surface area contributed by atoms with Crippen molar-refractivity contribution in [2.24, 2.45) is 0 Å². The molecule has 0 atom stereocenters. The molecule has 0 aliphatic heterocycles. The predicted molar refractivity (Wildman–Crippen MR) is 86.2 cm³/mol. The zero-order valence-electron chi connectivity index (χ0n) is 11.4. The third-order valence-electron chi connectivity index (χ3n) is 3.84. The van der Waals surface area contributed by atoms with Gasteiger partial charge in [-0.25, -0.2) is 0 Å². The molecule has 0 spiro atoms. The Balaban J connectivity index is 2.36. The molecule has 3 rings (SSSR count). The SMILES string of the molecule is [F][Sn-]([F])([c]1ccccc1)([c]1ccccc1)[c]1ccccc1. The van der Waals surface area contributed by atoms with Crippen LogP contribution in [-0.4, -0.2) is 18.1 Å². The number of benzene rings is 3. The first-order chi connectivity index (χ1) is 10.1. The van der Waals surface area contributed by atoms with Gasteiger partial charge < -0.3 is 0 Å². The molecule has 0 aromatic heterocycles. The molecular weight excluding hydrogens is 373 g/mol. The molecule has 0 amide bonds. The summed E-state index contributed by atoms with van der Waals surface area (Å²) in [4.78, 5) is 0. The van der Waals surface area contributed by atoms with Gasteiger partial charge in [-0.15, -0.1) is 0 Å². The minimum atomic E-state index is -6.45. The molecule has 106 valence electrons. The topological polar surface area (TPSA) is 0 Å². The van der Waals surface area contributed by atoms with Crippen LogP contribution in [0.3, 0.4) is 0 Å². The number of rotatable bonds is 3. The summed E-state index contributed by atoms with van der Waals surface area (Å²) in [5.74, 6) is 0. The third kappa shape index (κ3) is 2.27. The molecule has 0 heterocycles. The second-order valence-electron chi connectivity index (χ2n) is 5.11. The Morgan fingerprint density at radius 1 is 0.429 bits per heavy atom. The van der Waals surface area contributed by atoms with Gasteiger partial charge in [0.1, 0.15) is 0 Å². The van der Waals surface area contributed by atoms with Crippen LogP contribution in [0, 0.1) is 0 Å². The Morgan fingerprint density at radius 2 is 0.667 bits per heavy atom. The van der Waals surface area contributed by atoms with Crippen LogP contribution in [0.2, 0.25) is 0 Å². The molecular formula is C18H15F2Sn-. The Morgan fingerprint density at radius 3 is 0.905 bits per heavy atom. The van der Waals surface area contributed by atoms with E-state index in [1.807, 2.05) is 0 Å². The Kier molecular flexibility index (Phi) is 3.57.